The smallest absolute Gasteiger partial charge is 0.315 e. The summed E-state index contributed by atoms with van der Waals surface area (Å²) in [5.41, 5.74) is 0. The summed E-state index contributed by atoms with van der Waals surface area (Å²) in [5.74, 6) is -0.981. The average molecular weight is 230 g/mol. The fraction of sp³-hybridized carbons (Fsp3) is 0.833. The maximum absolute atomic E-state index is 12.4. The largest absolute Gasteiger partial charge is 0.449 e. The van der Waals surface area contributed by atoms with Gasteiger partial charge in [-0.3, -0.25) is 9.66 Å². The zero-order valence-electron chi connectivity index (χ0n) is 7.71. The molecule has 0 amide bonds. The Morgan fingerprint density at radius 3 is 2.21 bits per heavy atom. The average Bonchev–Trinajstić information content (AvgIpc) is 2.53. The molecule has 4 nitrogen and oxygen atoms in total. The van der Waals surface area contributed by atoms with E-state index in [2.05, 4.69) is 4.99 Å². The minimum atomic E-state index is -4.47. The van der Waals surface area contributed by atoms with Crippen molar-refractivity contribution in [2.45, 2.75) is 6.18 Å². The molecule has 0 radical (unpaired) electrons. The Bertz CT molecular complexity index is 228. The molecule has 0 saturated carbocycles. The lowest BCUT2D eigenvalue weighted by Gasteiger charge is -2.24. The van der Waals surface area contributed by atoms with Crippen LogP contribution in [0.4, 0.5) is 13.2 Å². The van der Waals surface area contributed by atoms with Crippen molar-refractivity contribution >= 4 is 14.4 Å². The molecule has 0 aromatic rings. The van der Waals surface area contributed by atoms with Crippen molar-refractivity contribution in [3.05, 3.63) is 0 Å². The Morgan fingerprint density at radius 2 is 1.86 bits per heavy atom. The molecule has 1 fully saturated rings. The Hall–Kier alpha value is -0.390. The zero-order chi connectivity index (χ0) is 10.8. The summed E-state index contributed by atoms with van der Waals surface area (Å²) in [7, 11) is 0.712. The van der Waals surface area contributed by atoms with Gasteiger partial charge in [-0.05, 0) is 0 Å². The standard InChI is InChI=1S/C6H10F3N2O2P/c1-10-5(6(7,8)9)11(2)14-12-3-4-13-14/h3-4H2,1-2H3. The van der Waals surface area contributed by atoms with Crippen LogP contribution in [-0.4, -0.2) is 44.0 Å². The molecule has 1 aliphatic heterocycles. The highest BCUT2D eigenvalue weighted by atomic mass is 31.2. The van der Waals surface area contributed by atoms with E-state index in [1.807, 2.05) is 0 Å². The number of aliphatic imine (C=N–C) groups is 1. The number of alkyl halides is 3. The predicted octanol–water partition coefficient (Wildman–Crippen LogP) is 1.78. The van der Waals surface area contributed by atoms with E-state index in [1.54, 1.807) is 0 Å². The van der Waals surface area contributed by atoms with Crippen LogP contribution >= 0.6 is 8.53 Å². The van der Waals surface area contributed by atoms with Crippen LogP contribution in [0.15, 0.2) is 4.99 Å². The van der Waals surface area contributed by atoms with Crippen molar-refractivity contribution in [1.82, 2.24) is 4.67 Å². The van der Waals surface area contributed by atoms with E-state index in [0.29, 0.717) is 13.2 Å². The highest BCUT2D eigenvalue weighted by Gasteiger charge is 2.42. The molecule has 82 valence electrons. The molecule has 0 unspecified atom stereocenters. The quantitative estimate of drug-likeness (QED) is 0.391. The molecule has 1 saturated heterocycles. The highest BCUT2D eigenvalue weighted by Crippen LogP contribution is 2.46. The summed E-state index contributed by atoms with van der Waals surface area (Å²) in [6.45, 7) is 0.649. The predicted molar refractivity (Wildman–Crippen MR) is 46.0 cm³/mol. The first kappa shape index (κ1) is 11.7. The second-order valence-electron chi connectivity index (χ2n) is 2.47. The Balaban J connectivity index is 2.70. The maximum atomic E-state index is 12.4. The Kier molecular flexibility index (Phi) is 3.69. The third-order valence-electron chi connectivity index (χ3n) is 1.50. The summed E-state index contributed by atoms with van der Waals surface area (Å²) < 4.78 is 47.9. The number of hydrogen-bond acceptors (Lipinski definition) is 3. The van der Waals surface area contributed by atoms with Gasteiger partial charge in [0.15, 0.2) is 0 Å². The normalized spacial score (nSPS) is 20.2. The molecule has 1 rings (SSSR count). The topological polar surface area (TPSA) is 34.1 Å². The van der Waals surface area contributed by atoms with Gasteiger partial charge in [0.2, 0.25) is 5.84 Å². The molecule has 14 heavy (non-hydrogen) atoms. The van der Waals surface area contributed by atoms with E-state index in [4.69, 9.17) is 9.05 Å². The SMILES string of the molecule is CN=C(N(C)P1OCCO1)C(F)(F)F. The fourth-order valence-corrected chi connectivity index (χ4v) is 2.21. The number of halogens is 3. The van der Waals surface area contributed by atoms with Gasteiger partial charge in [-0.15, -0.1) is 0 Å². The Labute approximate surface area is 80.7 Å². The second kappa shape index (κ2) is 4.42. The summed E-state index contributed by atoms with van der Waals surface area (Å²) >= 11 is 0. The number of nitrogens with zero attached hydrogens (tertiary/aromatic N) is 2. The van der Waals surface area contributed by atoms with Crippen molar-refractivity contribution in [2.24, 2.45) is 4.99 Å². The van der Waals surface area contributed by atoms with Crippen LogP contribution < -0.4 is 0 Å². The lowest BCUT2D eigenvalue weighted by Crippen LogP contribution is -2.35. The first-order valence-corrected chi connectivity index (χ1v) is 4.93. The van der Waals surface area contributed by atoms with E-state index in [9.17, 15) is 13.2 Å². The third kappa shape index (κ3) is 2.56. The molecule has 1 heterocycles. The van der Waals surface area contributed by atoms with Crippen LogP contribution in [-0.2, 0) is 9.05 Å². The van der Waals surface area contributed by atoms with Gasteiger partial charge in [0, 0.05) is 14.1 Å². The molecule has 0 bridgehead atoms. The van der Waals surface area contributed by atoms with Gasteiger partial charge < -0.3 is 9.05 Å². The number of amidine groups is 1. The van der Waals surface area contributed by atoms with Gasteiger partial charge in [0.25, 0.3) is 8.53 Å². The van der Waals surface area contributed by atoms with Crippen molar-refractivity contribution in [3.8, 4) is 0 Å². The summed E-state index contributed by atoms with van der Waals surface area (Å²) in [6, 6.07) is 0. The van der Waals surface area contributed by atoms with Gasteiger partial charge in [-0.2, -0.15) is 13.2 Å². The third-order valence-corrected chi connectivity index (χ3v) is 2.99. The van der Waals surface area contributed by atoms with E-state index in [1.165, 1.54) is 7.05 Å². The molecule has 0 aliphatic carbocycles. The molecular formula is C6H10F3N2O2P. The lowest BCUT2D eigenvalue weighted by molar-refractivity contribution is -0.0653. The van der Waals surface area contributed by atoms with Gasteiger partial charge in [-0.25, -0.2) is 0 Å². The van der Waals surface area contributed by atoms with E-state index < -0.39 is 20.5 Å². The molecule has 0 spiro atoms. The summed E-state index contributed by atoms with van der Waals surface area (Å²) in [5, 5.41) is 0. The van der Waals surface area contributed by atoms with Crippen LogP contribution in [0.25, 0.3) is 0 Å². The highest BCUT2D eigenvalue weighted by molar-refractivity contribution is 7.45. The first-order chi connectivity index (χ1) is 6.46. The maximum Gasteiger partial charge on any atom is 0.449 e. The monoisotopic (exact) mass is 230 g/mol. The molecule has 8 heteroatoms. The summed E-state index contributed by atoms with van der Waals surface area (Å²) in [6.07, 6.45) is -4.47. The van der Waals surface area contributed by atoms with Crippen LogP contribution in [0.5, 0.6) is 0 Å². The van der Waals surface area contributed by atoms with Crippen LogP contribution in [0.2, 0.25) is 0 Å². The van der Waals surface area contributed by atoms with E-state index in [0.717, 1.165) is 11.7 Å². The van der Waals surface area contributed by atoms with Gasteiger partial charge >= 0.3 is 6.18 Å². The van der Waals surface area contributed by atoms with Gasteiger partial charge in [-0.1, -0.05) is 0 Å². The van der Waals surface area contributed by atoms with Gasteiger partial charge in [0.05, 0.1) is 13.2 Å². The minimum absolute atomic E-state index is 0.324. The van der Waals surface area contributed by atoms with E-state index >= 15 is 0 Å². The molecule has 1 aliphatic rings. The fourth-order valence-electron chi connectivity index (χ4n) is 0.973. The van der Waals surface area contributed by atoms with Crippen molar-refractivity contribution in [3.63, 3.8) is 0 Å². The molecule has 0 atom stereocenters. The summed E-state index contributed by atoms with van der Waals surface area (Å²) in [4.78, 5) is 3.18. The molecule has 0 aromatic heterocycles. The number of hydrogen-bond donors (Lipinski definition) is 0. The lowest BCUT2D eigenvalue weighted by atomic mass is 10.6. The van der Waals surface area contributed by atoms with Crippen LogP contribution in [0.3, 0.4) is 0 Å². The number of rotatable bonds is 1. The van der Waals surface area contributed by atoms with Crippen molar-refractivity contribution in [2.75, 3.05) is 27.3 Å². The molecule has 0 N–H and O–H groups in total. The molecule has 0 aromatic carbocycles. The zero-order valence-corrected chi connectivity index (χ0v) is 8.60. The molecular weight excluding hydrogens is 220 g/mol. The van der Waals surface area contributed by atoms with Gasteiger partial charge in [0.1, 0.15) is 0 Å². The Morgan fingerprint density at radius 1 is 1.36 bits per heavy atom. The van der Waals surface area contributed by atoms with Crippen LogP contribution in [0, 0.1) is 0 Å². The van der Waals surface area contributed by atoms with Crippen LogP contribution in [0.1, 0.15) is 0 Å². The second-order valence-corrected chi connectivity index (χ2v) is 4.06. The van der Waals surface area contributed by atoms with Crippen molar-refractivity contribution < 1.29 is 22.2 Å². The minimum Gasteiger partial charge on any atom is -0.315 e. The van der Waals surface area contributed by atoms with Crippen molar-refractivity contribution in [1.29, 1.82) is 0 Å². The first-order valence-electron chi connectivity index (χ1n) is 3.80. The van der Waals surface area contributed by atoms with E-state index in [-0.39, 0.29) is 0 Å².